The summed E-state index contributed by atoms with van der Waals surface area (Å²) in [4.78, 5) is 13.9. The summed E-state index contributed by atoms with van der Waals surface area (Å²) < 4.78 is 0. The molecular weight excluding hydrogens is 290 g/mol. The molecule has 1 aromatic rings. The third-order valence-electron chi connectivity index (χ3n) is 3.00. The lowest BCUT2D eigenvalue weighted by molar-refractivity contribution is 0.243. The van der Waals surface area contributed by atoms with Gasteiger partial charge < -0.3 is 15.5 Å². The lowest BCUT2D eigenvalue weighted by Gasteiger charge is -2.31. The predicted octanol–water partition coefficient (Wildman–Crippen LogP) is 1.73. The monoisotopic (exact) mass is 305 g/mol. The Kier molecular flexibility index (Phi) is 5.43. The summed E-state index contributed by atoms with van der Waals surface area (Å²) >= 11 is 5.79. The molecule has 0 saturated carbocycles. The van der Waals surface area contributed by atoms with Crippen molar-refractivity contribution in [1.29, 1.82) is 5.26 Å². The SMILES string of the molecule is N#C/C=C(/NC(=O)Nc1ccc(Cl)cc1)N1CCNCC1. The number of halogens is 1. The first-order valence-corrected chi connectivity index (χ1v) is 6.96. The number of carbonyl (C=O) groups excluding carboxylic acids is 1. The number of nitrogens with zero attached hydrogens (tertiary/aromatic N) is 2. The van der Waals surface area contributed by atoms with Crippen molar-refractivity contribution in [2.75, 3.05) is 31.5 Å². The molecule has 1 aliphatic rings. The summed E-state index contributed by atoms with van der Waals surface area (Å²) in [5, 5.41) is 18.1. The van der Waals surface area contributed by atoms with Gasteiger partial charge in [-0.3, -0.25) is 5.32 Å². The Bertz CT molecular complexity index is 558. The fourth-order valence-corrected chi connectivity index (χ4v) is 2.11. The number of nitriles is 1. The fraction of sp³-hybridized carbons (Fsp3) is 0.286. The van der Waals surface area contributed by atoms with Crippen LogP contribution >= 0.6 is 11.6 Å². The summed E-state index contributed by atoms with van der Waals surface area (Å²) in [6.45, 7) is 3.13. The van der Waals surface area contributed by atoms with E-state index in [2.05, 4.69) is 16.0 Å². The second-order valence-corrected chi connectivity index (χ2v) is 4.92. The van der Waals surface area contributed by atoms with Crippen LogP contribution in [0.15, 0.2) is 36.2 Å². The molecule has 1 aromatic carbocycles. The summed E-state index contributed by atoms with van der Waals surface area (Å²) in [7, 11) is 0. The van der Waals surface area contributed by atoms with Crippen LogP contribution in [0.25, 0.3) is 0 Å². The van der Waals surface area contributed by atoms with E-state index in [-0.39, 0.29) is 0 Å². The van der Waals surface area contributed by atoms with Crippen LogP contribution in [0.3, 0.4) is 0 Å². The van der Waals surface area contributed by atoms with Crippen molar-refractivity contribution in [1.82, 2.24) is 15.5 Å². The van der Waals surface area contributed by atoms with Gasteiger partial charge in [0, 0.05) is 36.9 Å². The lowest BCUT2D eigenvalue weighted by atomic mass is 10.3. The Balaban J connectivity index is 1.96. The van der Waals surface area contributed by atoms with Crippen molar-refractivity contribution < 1.29 is 4.79 Å². The van der Waals surface area contributed by atoms with Crippen molar-refractivity contribution in [2.24, 2.45) is 0 Å². The van der Waals surface area contributed by atoms with Crippen LogP contribution < -0.4 is 16.0 Å². The molecule has 1 saturated heterocycles. The Morgan fingerprint density at radius 3 is 2.62 bits per heavy atom. The minimum Gasteiger partial charge on any atom is -0.355 e. The summed E-state index contributed by atoms with van der Waals surface area (Å²) in [6.07, 6.45) is 1.34. The van der Waals surface area contributed by atoms with Gasteiger partial charge in [0.2, 0.25) is 0 Å². The molecule has 0 atom stereocenters. The number of hydrogen-bond donors (Lipinski definition) is 3. The minimum atomic E-state index is -0.391. The van der Waals surface area contributed by atoms with Crippen LogP contribution in [0.1, 0.15) is 0 Å². The first-order valence-electron chi connectivity index (χ1n) is 6.58. The highest BCUT2D eigenvalue weighted by atomic mass is 35.5. The standard InChI is InChI=1S/C14H16ClN5O/c15-11-1-3-12(4-2-11)18-14(21)19-13(5-6-16)20-9-7-17-8-10-20/h1-5,17H,7-10H2,(H2,18,19,21)/b13-5-. The number of benzene rings is 1. The van der Waals surface area contributed by atoms with E-state index in [4.69, 9.17) is 16.9 Å². The Morgan fingerprint density at radius 2 is 2.00 bits per heavy atom. The van der Waals surface area contributed by atoms with Gasteiger partial charge in [-0.2, -0.15) is 5.26 Å². The predicted molar refractivity (Wildman–Crippen MR) is 81.7 cm³/mol. The van der Waals surface area contributed by atoms with Gasteiger partial charge in [0.25, 0.3) is 0 Å². The van der Waals surface area contributed by atoms with Crippen LogP contribution in [0.5, 0.6) is 0 Å². The molecule has 0 aromatic heterocycles. The number of anilines is 1. The maximum Gasteiger partial charge on any atom is 0.324 e. The molecule has 6 nitrogen and oxygen atoms in total. The molecule has 110 valence electrons. The van der Waals surface area contributed by atoms with Gasteiger partial charge in [0.05, 0.1) is 12.1 Å². The number of carbonyl (C=O) groups is 1. The number of rotatable bonds is 3. The van der Waals surface area contributed by atoms with Crippen LogP contribution in [0.2, 0.25) is 5.02 Å². The molecule has 0 radical (unpaired) electrons. The van der Waals surface area contributed by atoms with Crippen molar-refractivity contribution in [3.05, 3.63) is 41.2 Å². The van der Waals surface area contributed by atoms with Crippen LogP contribution in [-0.2, 0) is 0 Å². The average Bonchev–Trinajstić information content (AvgIpc) is 2.50. The highest BCUT2D eigenvalue weighted by Gasteiger charge is 2.15. The fourth-order valence-electron chi connectivity index (χ4n) is 1.99. The Labute approximate surface area is 128 Å². The largest absolute Gasteiger partial charge is 0.355 e. The molecule has 21 heavy (non-hydrogen) atoms. The molecule has 0 unspecified atom stereocenters. The van der Waals surface area contributed by atoms with Crippen LogP contribution in [0.4, 0.5) is 10.5 Å². The highest BCUT2D eigenvalue weighted by molar-refractivity contribution is 6.30. The summed E-state index contributed by atoms with van der Waals surface area (Å²) in [5.41, 5.74) is 0.633. The van der Waals surface area contributed by atoms with Crippen molar-refractivity contribution >= 4 is 23.3 Å². The molecule has 0 spiro atoms. The molecule has 0 bridgehead atoms. The van der Waals surface area contributed by atoms with E-state index in [1.807, 2.05) is 11.0 Å². The first kappa shape index (κ1) is 15.2. The maximum absolute atomic E-state index is 12.0. The second kappa shape index (κ2) is 7.53. The van der Waals surface area contributed by atoms with E-state index in [0.717, 1.165) is 26.2 Å². The van der Waals surface area contributed by atoms with E-state index >= 15 is 0 Å². The van der Waals surface area contributed by atoms with Gasteiger partial charge in [0.15, 0.2) is 0 Å². The first-order chi connectivity index (χ1) is 10.2. The molecule has 2 rings (SSSR count). The van der Waals surface area contributed by atoms with Gasteiger partial charge in [-0.15, -0.1) is 0 Å². The molecule has 3 N–H and O–H groups in total. The number of piperazine rings is 1. The number of urea groups is 1. The van der Waals surface area contributed by atoms with Crippen molar-refractivity contribution in [3.8, 4) is 6.07 Å². The Hall–Kier alpha value is -2.23. The number of hydrogen-bond acceptors (Lipinski definition) is 4. The lowest BCUT2D eigenvalue weighted by Crippen LogP contribution is -2.47. The zero-order valence-electron chi connectivity index (χ0n) is 11.4. The Morgan fingerprint density at radius 1 is 1.33 bits per heavy atom. The van der Waals surface area contributed by atoms with Gasteiger partial charge in [0.1, 0.15) is 5.82 Å². The minimum absolute atomic E-state index is 0.391. The molecule has 1 heterocycles. The van der Waals surface area contributed by atoms with E-state index in [0.29, 0.717) is 16.5 Å². The van der Waals surface area contributed by atoms with Crippen molar-refractivity contribution in [2.45, 2.75) is 0 Å². The van der Waals surface area contributed by atoms with Gasteiger partial charge in [-0.1, -0.05) is 11.6 Å². The molecule has 7 heteroatoms. The number of nitrogens with one attached hydrogen (secondary N) is 3. The summed E-state index contributed by atoms with van der Waals surface area (Å²) in [6, 6.07) is 8.37. The zero-order chi connectivity index (χ0) is 15.1. The topological polar surface area (TPSA) is 80.2 Å². The third kappa shape index (κ3) is 4.67. The van der Waals surface area contributed by atoms with Gasteiger partial charge in [-0.05, 0) is 24.3 Å². The quantitative estimate of drug-likeness (QED) is 0.743. The highest BCUT2D eigenvalue weighted by Crippen LogP contribution is 2.13. The zero-order valence-corrected chi connectivity index (χ0v) is 12.2. The number of allylic oxidation sites excluding steroid dienone is 1. The normalized spacial score (nSPS) is 15.2. The van der Waals surface area contributed by atoms with Crippen LogP contribution in [0, 0.1) is 11.3 Å². The smallest absolute Gasteiger partial charge is 0.324 e. The van der Waals surface area contributed by atoms with E-state index < -0.39 is 6.03 Å². The number of amides is 2. The van der Waals surface area contributed by atoms with Gasteiger partial charge >= 0.3 is 6.03 Å². The maximum atomic E-state index is 12.0. The van der Waals surface area contributed by atoms with E-state index in [1.165, 1.54) is 6.08 Å². The molecule has 1 fully saturated rings. The van der Waals surface area contributed by atoms with E-state index in [1.54, 1.807) is 24.3 Å². The van der Waals surface area contributed by atoms with Crippen molar-refractivity contribution in [3.63, 3.8) is 0 Å². The average molecular weight is 306 g/mol. The summed E-state index contributed by atoms with van der Waals surface area (Å²) in [5.74, 6) is 0.505. The molecule has 2 amide bonds. The van der Waals surface area contributed by atoms with Gasteiger partial charge in [-0.25, -0.2) is 4.79 Å². The second-order valence-electron chi connectivity index (χ2n) is 4.48. The van der Waals surface area contributed by atoms with E-state index in [9.17, 15) is 4.79 Å². The van der Waals surface area contributed by atoms with Crippen LogP contribution in [-0.4, -0.2) is 37.1 Å². The molecule has 0 aliphatic carbocycles. The molecule has 1 aliphatic heterocycles. The molecular formula is C14H16ClN5O. The third-order valence-corrected chi connectivity index (χ3v) is 3.25.